The minimum atomic E-state index is -0.0816. The van der Waals surface area contributed by atoms with Crippen LogP contribution in [0.4, 0.5) is 5.95 Å². The maximum atomic E-state index is 6.16. The molecule has 4 heterocycles. The van der Waals surface area contributed by atoms with Crippen molar-refractivity contribution in [2.75, 3.05) is 24.6 Å². The Bertz CT molecular complexity index is 628. The molecule has 2 fully saturated rings. The van der Waals surface area contributed by atoms with Gasteiger partial charge in [0.2, 0.25) is 5.95 Å². The summed E-state index contributed by atoms with van der Waals surface area (Å²) in [6.45, 7) is 4.64. The van der Waals surface area contributed by atoms with Crippen LogP contribution in [0.5, 0.6) is 0 Å². The Morgan fingerprint density at radius 2 is 2.05 bits per heavy atom. The number of aryl methyl sites for hydroxylation is 1. The molecule has 2 atom stereocenters. The van der Waals surface area contributed by atoms with E-state index in [2.05, 4.69) is 32.0 Å². The third-order valence-corrected chi connectivity index (χ3v) is 4.75. The lowest BCUT2D eigenvalue weighted by molar-refractivity contribution is 0.0219. The molecule has 7 heteroatoms. The SMILES string of the molecule is CCc1cnc(N2CC[C@@]3(C[C@@H](n4cnnc4)CO3)C2)nc1. The third-order valence-electron chi connectivity index (χ3n) is 4.75. The van der Waals surface area contributed by atoms with Gasteiger partial charge >= 0.3 is 0 Å². The fourth-order valence-corrected chi connectivity index (χ4v) is 3.40. The maximum Gasteiger partial charge on any atom is 0.225 e. The van der Waals surface area contributed by atoms with Gasteiger partial charge in [0, 0.05) is 25.4 Å². The molecule has 2 aromatic rings. The number of hydrogen-bond acceptors (Lipinski definition) is 6. The highest BCUT2D eigenvalue weighted by molar-refractivity contribution is 5.34. The molecule has 0 radical (unpaired) electrons. The van der Waals surface area contributed by atoms with Gasteiger partial charge in [-0.1, -0.05) is 6.92 Å². The monoisotopic (exact) mass is 300 g/mol. The van der Waals surface area contributed by atoms with Crippen LogP contribution in [0.25, 0.3) is 0 Å². The minimum absolute atomic E-state index is 0.0816. The number of aromatic nitrogens is 5. The Labute approximate surface area is 129 Å². The van der Waals surface area contributed by atoms with Crippen molar-refractivity contribution in [1.82, 2.24) is 24.7 Å². The summed E-state index contributed by atoms with van der Waals surface area (Å²) in [5, 5.41) is 7.78. The van der Waals surface area contributed by atoms with Crippen molar-refractivity contribution in [3.05, 3.63) is 30.6 Å². The van der Waals surface area contributed by atoms with E-state index in [1.165, 1.54) is 5.56 Å². The Balaban J connectivity index is 1.45. The van der Waals surface area contributed by atoms with Crippen LogP contribution in [-0.2, 0) is 11.2 Å². The van der Waals surface area contributed by atoms with E-state index in [-0.39, 0.29) is 5.60 Å². The summed E-state index contributed by atoms with van der Waals surface area (Å²) in [5.74, 6) is 0.811. The molecule has 2 aliphatic rings. The summed E-state index contributed by atoms with van der Waals surface area (Å²) in [4.78, 5) is 11.2. The summed E-state index contributed by atoms with van der Waals surface area (Å²) in [6, 6.07) is 0.332. The van der Waals surface area contributed by atoms with E-state index < -0.39 is 0 Å². The molecule has 0 amide bonds. The van der Waals surface area contributed by atoms with Gasteiger partial charge in [-0.15, -0.1) is 10.2 Å². The molecule has 0 aromatic carbocycles. The quantitative estimate of drug-likeness (QED) is 0.849. The summed E-state index contributed by atoms with van der Waals surface area (Å²) in [5.41, 5.74) is 1.09. The van der Waals surface area contributed by atoms with Crippen LogP contribution in [0.3, 0.4) is 0 Å². The van der Waals surface area contributed by atoms with Crippen LogP contribution in [0.2, 0.25) is 0 Å². The average Bonchev–Trinajstić information content (AvgIpc) is 3.29. The van der Waals surface area contributed by atoms with E-state index in [4.69, 9.17) is 4.74 Å². The second-order valence-electron chi connectivity index (χ2n) is 6.18. The average molecular weight is 300 g/mol. The highest BCUT2D eigenvalue weighted by Crippen LogP contribution is 2.40. The van der Waals surface area contributed by atoms with Gasteiger partial charge in [-0.25, -0.2) is 9.97 Å². The van der Waals surface area contributed by atoms with Crippen molar-refractivity contribution in [3.8, 4) is 0 Å². The van der Waals surface area contributed by atoms with Gasteiger partial charge in [0.05, 0.1) is 24.8 Å². The predicted octanol–water partition coefficient (Wildman–Crippen LogP) is 1.24. The van der Waals surface area contributed by atoms with E-state index in [0.29, 0.717) is 6.04 Å². The van der Waals surface area contributed by atoms with Crippen molar-refractivity contribution < 1.29 is 4.74 Å². The van der Waals surface area contributed by atoms with Gasteiger partial charge in [0.1, 0.15) is 12.7 Å². The second kappa shape index (κ2) is 5.31. The molecule has 0 saturated carbocycles. The van der Waals surface area contributed by atoms with Gasteiger partial charge in [-0.05, 0) is 18.4 Å². The zero-order valence-electron chi connectivity index (χ0n) is 12.7. The van der Waals surface area contributed by atoms with Crippen LogP contribution >= 0.6 is 0 Å². The van der Waals surface area contributed by atoms with Gasteiger partial charge in [-0.2, -0.15) is 0 Å². The smallest absolute Gasteiger partial charge is 0.225 e. The first-order valence-electron chi connectivity index (χ1n) is 7.82. The Morgan fingerprint density at radius 3 is 2.77 bits per heavy atom. The standard InChI is InChI=1S/C15H20N6O/c1-2-12-6-16-14(17-7-12)20-4-3-15(9-20)5-13(8-22-15)21-10-18-19-11-21/h6-7,10-11,13H,2-5,8-9H2,1H3/t13-,15-/m1/s1. The van der Waals surface area contributed by atoms with Crippen LogP contribution in [0, 0.1) is 0 Å². The fraction of sp³-hybridized carbons (Fsp3) is 0.600. The van der Waals surface area contributed by atoms with E-state index >= 15 is 0 Å². The summed E-state index contributed by atoms with van der Waals surface area (Å²) < 4.78 is 8.21. The normalized spacial score (nSPS) is 27.9. The van der Waals surface area contributed by atoms with E-state index in [9.17, 15) is 0 Å². The van der Waals surface area contributed by atoms with Crippen LogP contribution in [0.15, 0.2) is 25.0 Å². The highest BCUT2D eigenvalue weighted by Gasteiger charge is 2.46. The zero-order chi connectivity index (χ0) is 15.0. The fourth-order valence-electron chi connectivity index (χ4n) is 3.40. The van der Waals surface area contributed by atoms with Crippen molar-refractivity contribution in [2.24, 2.45) is 0 Å². The Hall–Kier alpha value is -2.02. The summed E-state index contributed by atoms with van der Waals surface area (Å²) in [7, 11) is 0. The first-order chi connectivity index (χ1) is 10.8. The van der Waals surface area contributed by atoms with Crippen LogP contribution in [0.1, 0.15) is 31.4 Å². The van der Waals surface area contributed by atoms with Gasteiger partial charge in [0.15, 0.2) is 0 Å². The molecule has 0 bridgehead atoms. The van der Waals surface area contributed by atoms with E-state index in [0.717, 1.165) is 44.9 Å². The number of ether oxygens (including phenoxy) is 1. The van der Waals surface area contributed by atoms with E-state index in [1.807, 2.05) is 17.0 Å². The van der Waals surface area contributed by atoms with Gasteiger partial charge < -0.3 is 14.2 Å². The minimum Gasteiger partial charge on any atom is -0.371 e. The molecule has 7 nitrogen and oxygen atoms in total. The number of anilines is 1. The van der Waals surface area contributed by atoms with Crippen LogP contribution in [-0.4, -0.2) is 50.0 Å². The third kappa shape index (κ3) is 2.35. The molecule has 0 N–H and O–H groups in total. The molecule has 116 valence electrons. The summed E-state index contributed by atoms with van der Waals surface area (Å²) >= 11 is 0. The molecule has 1 spiro atoms. The molecule has 2 aliphatic heterocycles. The molecule has 0 unspecified atom stereocenters. The second-order valence-corrected chi connectivity index (χ2v) is 6.18. The molecule has 22 heavy (non-hydrogen) atoms. The first kappa shape index (κ1) is 13.6. The van der Waals surface area contributed by atoms with Crippen molar-refractivity contribution >= 4 is 5.95 Å². The van der Waals surface area contributed by atoms with Crippen molar-refractivity contribution in [1.29, 1.82) is 0 Å². The number of hydrogen-bond donors (Lipinski definition) is 0. The Kier molecular flexibility index (Phi) is 3.29. The molecular weight excluding hydrogens is 280 g/mol. The largest absolute Gasteiger partial charge is 0.371 e. The van der Waals surface area contributed by atoms with Crippen molar-refractivity contribution in [3.63, 3.8) is 0 Å². The number of nitrogens with zero attached hydrogens (tertiary/aromatic N) is 6. The van der Waals surface area contributed by atoms with Crippen molar-refractivity contribution in [2.45, 2.75) is 37.8 Å². The Morgan fingerprint density at radius 1 is 1.27 bits per heavy atom. The molecule has 2 saturated heterocycles. The van der Waals surface area contributed by atoms with Gasteiger partial charge in [0.25, 0.3) is 0 Å². The van der Waals surface area contributed by atoms with Crippen LogP contribution < -0.4 is 4.90 Å². The zero-order valence-corrected chi connectivity index (χ0v) is 12.7. The number of rotatable bonds is 3. The maximum absolute atomic E-state index is 6.16. The topological polar surface area (TPSA) is 69.0 Å². The predicted molar refractivity (Wildman–Crippen MR) is 80.6 cm³/mol. The van der Waals surface area contributed by atoms with E-state index in [1.54, 1.807) is 12.7 Å². The molecule has 2 aromatic heterocycles. The highest BCUT2D eigenvalue weighted by atomic mass is 16.5. The lowest BCUT2D eigenvalue weighted by Crippen LogP contribution is -2.33. The molecule has 0 aliphatic carbocycles. The lowest BCUT2D eigenvalue weighted by atomic mass is 9.97. The molecular formula is C15H20N6O. The summed E-state index contributed by atoms with van der Waals surface area (Å²) in [6.07, 6.45) is 10.4. The molecule has 4 rings (SSSR count). The lowest BCUT2D eigenvalue weighted by Gasteiger charge is -2.23. The first-order valence-corrected chi connectivity index (χ1v) is 7.82. The van der Waals surface area contributed by atoms with Gasteiger partial charge in [-0.3, -0.25) is 0 Å².